The van der Waals surface area contributed by atoms with Crippen molar-refractivity contribution in [1.29, 1.82) is 0 Å². The Bertz CT molecular complexity index is 679. The van der Waals surface area contributed by atoms with Crippen LogP contribution in [-0.4, -0.2) is 14.8 Å². The van der Waals surface area contributed by atoms with Gasteiger partial charge in [0.15, 0.2) is 5.16 Å². The smallest absolute Gasteiger partial charge is 0.262 e. The van der Waals surface area contributed by atoms with Crippen molar-refractivity contribution in [2.24, 2.45) is 0 Å². The van der Waals surface area contributed by atoms with Crippen LogP contribution in [0.15, 0.2) is 40.8 Å². The van der Waals surface area contributed by atoms with Crippen molar-refractivity contribution in [3.8, 4) is 0 Å². The summed E-state index contributed by atoms with van der Waals surface area (Å²) in [6, 6.07) is 5.76. The minimum Gasteiger partial charge on any atom is -0.283 e. The van der Waals surface area contributed by atoms with Gasteiger partial charge in [-0.25, -0.2) is 4.98 Å². The van der Waals surface area contributed by atoms with Gasteiger partial charge >= 0.3 is 0 Å². The number of aromatic nitrogens is 2. The normalized spacial score (nSPS) is 11.2. The van der Waals surface area contributed by atoms with Crippen LogP contribution in [0.5, 0.6) is 0 Å². The predicted molar refractivity (Wildman–Crippen MR) is 89.9 cm³/mol. The van der Waals surface area contributed by atoms with Crippen LogP contribution in [0.1, 0.15) is 13.8 Å². The second kappa shape index (κ2) is 6.09. The number of hydrogen-bond acceptors (Lipinski definition) is 3. The van der Waals surface area contributed by atoms with Crippen molar-refractivity contribution in [3.63, 3.8) is 0 Å². The molecule has 0 spiro atoms. The van der Waals surface area contributed by atoms with Crippen LogP contribution in [0.4, 0.5) is 0 Å². The van der Waals surface area contributed by atoms with E-state index in [1.165, 1.54) is 0 Å². The fourth-order valence-electron chi connectivity index (χ4n) is 1.76. The zero-order chi connectivity index (χ0) is 14.0. The first-order chi connectivity index (χ1) is 9.02. The number of rotatable bonds is 4. The molecule has 0 saturated carbocycles. The molecule has 2 rings (SSSR count). The highest BCUT2D eigenvalue weighted by atomic mass is 127. The molecule has 2 aromatic rings. The van der Waals surface area contributed by atoms with Gasteiger partial charge in [0.1, 0.15) is 0 Å². The van der Waals surface area contributed by atoms with Crippen LogP contribution in [0.3, 0.4) is 0 Å². The van der Waals surface area contributed by atoms with Gasteiger partial charge in [0, 0.05) is 15.4 Å². The predicted octanol–water partition coefficient (Wildman–Crippen LogP) is 3.69. The highest BCUT2D eigenvalue weighted by molar-refractivity contribution is 14.1. The summed E-state index contributed by atoms with van der Waals surface area (Å²) >= 11 is 3.81. The lowest BCUT2D eigenvalue weighted by atomic mass is 10.2. The molecule has 1 heterocycles. The van der Waals surface area contributed by atoms with Gasteiger partial charge < -0.3 is 0 Å². The summed E-state index contributed by atoms with van der Waals surface area (Å²) < 4.78 is 2.73. The van der Waals surface area contributed by atoms with E-state index in [2.05, 4.69) is 48.0 Å². The molecule has 0 radical (unpaired) electrons. The number of allylic oxidation sites excluding steroid dienone is 1. The lowest BCUT2D eigenvalue weighted by molar-refractivity contribution is 0.670. The van der Waals surface area contributed by atoms with Crippen LogP contribution in [0, 0.1) is 3.57 Å². The van der Waals surface area contributed by atoms with Crippen LogP contribution >= 0.6 is 34.4 Å². The third kappa shape index (κ3) is 3.20. The molecule has 0 unspecified atom stereocenters. The molecule has 1 aromatic heterocycles. The lowest BCUT2D eigenvalue weighted by Gasteiger charge is -2.13. The zero-order valence-electron chi connectivity index (χ0n) is 10.9. The SMILES string of the molecule is C=CCn1c(SC(C)C)nc2ccc(I)cc2c1=O. The summed E-state index contributed by atoms with van der Waals surface area (Å²) in [5.41, 5.74) is 0.764. The molecule has 3 nitrogen and oxygen atoms in total. The van der Waals surface area contributed by atoms with Gasteiger partial charge in [-0.1, -0.05) is 31.7 Å². The van der Waals surface area contributed by atoms with E-state index < -0.39 is 0 Å². The second-order valence-corrected chi connectivity index (χ2v) is 7.22. The molecule has 100 valence electrons. The molecular weight excluding hydrogens is 371 g/mol. The third-order valence-electron chi connectivity index (χ3n) is 2.53. The monoisotopic (exact) mass is 386 g/mol. The number of hydrogen-bond donors (Lipinski definition) is 0. The first-order valence-electron chi connectivity index (χ1n) is 6.00. The molecule has 1 aromatic carbocycles. The molecule has 0 fully saturated rings. The van der Waals surface area contributed by atoms with E-state index in [0.29, 0.717) is 17.2 Å². The Morgan fingerprint density at radius 1 is 1.53 bits per heavy atom. The maximum atomic E-state index is 12.5. The van der Waals surface area contributed by atoms with Gasteiger partial charge in [-0.05, 0) is 40.8 Å². The van der Waals surface area contributed by atoms with Crippen molar-refractivity contribution in [2.45, 2.75) is 30.8 Å². The molecule has 0 saturated heterocycles. The Hall–Kier alpha value is -0.820. The molecule has 0 N–H and O–H groups in total. The van der Waals surface area contributed by atoms with Gasteiger partial charge in [0.05, 0.1) is 10.9 Å². The maximum absolute atomic E-state index is 12.5. The lowest BCUT2D eigenvalue weighted by Crippen LogP contribution is -2.23. The average molecular weight is 386 g/mol. The highest BCUT2D eigenvalue weighted by Crippen LogP contribution is 2.22. The van der Waals surface area contributed by atoms with Crippen molar-refractivity contribution >= 4 is 45.3 Å². The molecule has 19 heavy (non-hydrogen) atoms. The summed E-state index contributed by atoms with van der Waals surface area (Å²) in [7, 11) is 0. The highest BCUT2D eigenvalue weighted by Gasteiger charge is 2.12. The number of fused-ring (bicyclic) bond motifs is 1. The summed E-state index contributed by atoms with van der Waals surface area (Å²) in [6.45, 7) is 8.39. The van der Waals surface area contributed by atoms with Crippen LogP contribution in [-0.2, 0) is 6.54 Å². The first-order valence-corrected chi connectivity index (χ1v) is 7.96. The van der Waals surface area contributed by atoms with E-state index in [0.717, 1.165) is 14.2 Å². The van der Waals surface area contributed by atoms with Crippen molar-refractivity contribution in [1.82, 2.24) is 9.55 Å². The average Bonchev–Trinajstić information content (AvgIpc) is 2.34. The van der Waals surface area contributed by atoms with Crippen LogP contribution in [0.2, 0.25) is 0 Å². The molecule has 5 heteroatoms. The van der Waals surface area contributed by atoms with Gasteiger partial charge in [0.2, 0.25) is 0 Å². The molecule has 0 bridgehead atoms. The quantitative estimate of drug-likeness (QED) is 0.348. The number of nitrogens with zero attached hydrogens (tertiary/aromatic N) is 2. The molecule has 0 aliphatic carbocycles. The Labute approximate surface area is 130 Å². The maximum Gasteiger partial charge on any atom is 0.262 e. The minimum atomic E-state index is 0.00608. The summed E-state index contributed by atoms with van der Waals surface area (Å²) in [4.78, 5) is 17.1. The summed E-state index contributed by atoms with van der Waals surface area (Å²) in [6.07, 6.45) is 1.73. The Morgan fingerprint density at radius 3 is 2.89 bits per heavy atom. The Morgan fingerprint density at radius 2 is 2.26 bits per heavy atom. The second-order valence-electron chi connectivity index (χ2n) is 4.43. The van der Waals surface area contributed by atoms with E-state index in [1.54, 1.807) is 22.4 Å². The molecule has 0 aliphatic rings. The van der Waals surface area contributed by atoms with E-state index in [1.807, 2.05) is 18.2 Å². The molecule has 0 aliphatic heterocycles. The van der Waals surface area contributed by atoms with Gasteiger partial charge in [0.25, 0.3) is 5.56 Å². The standard InChI is InChI=1S/C14H15IN2OS/c1-4-7-17-13(18)11-8-10(15)5-6-12(11)16-14(17)19-9(2)3/h4-6,8-9H,1,7H2,2-3H3. The summed E-state index contributed by atoms with van der Waals surface area (Å²) in [5, 5.41) is 1.81. The Balaban J connectivity index is 2.73. The fourth-order valence-corrected chi connectivity index (χ4v) is 3.11. The Kier molecular flexibility index (Phi) is 4.67. The van der Waals surface area contributed by atoms with Crippen LogP contribution < -0.4 is 5.56 Å². The van der Waals surface area contributed by atoms with Crippen LogP contribution in [0.25, 0.3) is 10.9 Å². The summed E-state index contributed by atoms with van der Waals surface area (Å²) in [5.74, 6) is 0. The number of benzene rings is 1. The van der Waals surface area contributed by atoms with E-state index in [4.69, 9.17) is 0 Å². The van der Waals surface area contributed by atoms with Crippen molar-refractivity contribution < 1.29 is 0 Å². The van der Waals surface area contributed by atoms with Gasteiger partial charge in [-0.2, -0.15) is 0 Å². The van der Waals surface area contributed by atoms with E-state index >= 15 is 0 Å². The van der Waals surface area contributed by atoms with E-state index in [9.17, 15) is 4.79 Å². The molecular formula is C14H15IN2OS. The number of halogens is 1. The largest absolute Gasteiger partial charge is 0.283 e. The van der Waals surface area contributed by atoms with Gasteiger partial charge in [-0.3, -0.25) is 9.36 Å². The molecule has 0 amide bonds. The third-order valence-corrected chi connectivity index (χ3v) is 4.20. The first kappa shape index (κ1) is 14.6. The minimum absolute atomic E-state index is 0.00608. The fraction of sp³-hybridized carbons (Fsp3) is 0.286. The zero-order valence-corrected chi connectivity index (χ0v) is 13.9. The topological polar surface area (TPSA) is 34.9 Å². The van der Waals surface area contributed by atoms with Crippen molar-refractivity contribution in [3.05, 3.63) is 44.8 Å². The van der Waals surface area contributed by atoms with Gasteiger partial charge in [-0.15, -0.1) is 6.58 Å². The molecule has 0 atom stereocenters. The number of thioether (sulfide) groups is 1. The van der Waals surface area contributed by atoms with Crippen molar-refractivity contribution in [2.75, 3.05) is 0 Å². The van der Waals surface area contributed by atoms with E-state index in [-0.39, 0.29) is 5.56 Å².